The Morgan fingerprint density at radius 1 is 1.36 bits per heavy atom. The van der Waals surface area contributed by atoms with Crippen molar-refractivity contribution in [1.29, 1.82) is 0 Å². The number of furan rings is 1. The molecular weight excluding hydrogens is 322 g/mol. The van der Waals surface area contributed by atoms with Crippen LogP contribution in [0, 0.1) is 0 Å². The molecule has 7 nitrogen and oxygen atoms in total. The minimum Gasteiger partial charge on any atom is -0.469 e. The van der Waals surface area contributed by atoms with Crippen LogP contribution in [0.15, 0.2) is 40.5 Å². The normalized spacial score (nSPS) is 22.9. The first kappa shape index (κ1) is 18.0. The Morgan fingerprint density at radius 3 is 3.00 bits per heavy atom. The van der Waals surface area contributed by atoms with Crippen molar-refractivity contribution in [3.8, 4) is 0 Å². The smallest absolute Gasteiger partial charge is 0.191 e. The van der Waals surface area contributed by atoms with Gasteiger partial charge in [-0.15, -0.1) is 6.58 Å². The molecule has 0 aliphatic carbocycles. The lowest BCUT2D eigenvalue weighted by atomic mass is 10.1. The topological polar surface area (TPSA) is 77.3 Å². The van der Waals surface area contributed by atoms with Gasteiger partial charge >= 0.3 is 0 Å². The maximum absolute atomic E-state index is 6.11. The molecule has 3 heterocycles. The van der Waals surface area contributed by atoms with Gasteiger partial charge < -0.3 is 29.3 Å². The van der Waals surface area contributed by atoms with Crippen LogP contribution < -0.4 is 10.6 Å². The Kier molecular flexibility index (Phi) is 6.49. The molecule has 0 amide bonds. The molecule has 2 fully saturated rings. The molecule has 138 valence electrons. The predicted octanol–water partition coefficient (Wildman–Crippen LogP) is 1.47. The van der Waals surface area contributed by atoms with Gasteiger partial charge in [-0.1, -0.05) is 6.08 Å². The van der Waals surface area contributed by atoms with E-state index in [1.54, 1.807) is 12.3 Å². The van der Waals surface area contributed by atoms with Crippen LogP contribution in [0.1, 0.15) is 18.6 Å². The molecule has 2 aliphatic rings. The van der Waals surface area contributed by atoms with Crippen LogP contribution in [-0.4, -0.2) is 57.3 Å². The highest BCUT2D eigenvalue weighted by atomic mass is 16.7. The van der Waals surface area contributed by atoms with E-state index in [1.165, 1.54) is 0 Å². The molecule has 0 aromatic carbocycles. The first-order chi connectivity index (χ1) is 12.3. The van der Waals surface area contributed by atoms with E-state index in [-0.39, 0.29) is 6.10 Å². The van der Waals surface area contributed by atoms with E-state index in [1.807, 2.05) is 12.1 Å². The molecule has 1 atom stereocenters. The summed E-state index contributed by atoms with van der Waals surface area (Å²) >= 11 is 0. The number of nitrogens with one attached hydrogen (secondary N) is 2. The van der Waals surface area contributed by atoms with E-state index in [2.05, 4.69) is 22.2 Å². The van der Waals surface area contributed by atoms with E-state index >= 15 is 0 Å². The summed E-state index contributed by atoms with van der Waals surface area (Å²) in [5.74, 6) is 1.23. The van der Waals surface area contributed by atoms with Gasteiger partial charge in [0.2, 0.25) is 0 Å². The molecule has 2 N–H and O–H groups in total. The SMILES string of the molecule is C=CCNC(=NCC1COC2(CCOCC2)O1)NCCc1ccco1. The Labute approximate surface area is 148 Å². The van der Waals surface area contributed by atoms with Crippen LogP contribution in [0.5, 0.6) is 0 Å². The molecule has 25 heavy (non-hydrogen) atoms. The average Bonchev–Trinajstić information content (AvgIpc) is 3.28. The summed E-state index contributed by atoms with van der Waals surface area (Å²) in [6, 6.07) is 3.86. The van der Waals surface area contributed by atoms with Gasteiger partial charge in [-0.3, -0.25) is 4.99 Å². The standard InChI is InChI=1S/C18H27N3O4/c1-2-8-19-17(20-9-5-15-4-3-10-23-15)21-13-16-14-24-18(25-16)6-11-22-12-7-18/h2-4,10,16H,1,5-9,11-14H2,(H2,19,20,21). The summed E-state index contributed by atoms with van der Waals surface area (Å²) in [5, 5.41) is 6.52. The van der Waals surface area contributed by atoms with Crippen molar-refractivity contribution >= 4 is 5.96 Å². The fourth-order valence-corrected chi connectivity index (χ4v) is 2.95. The molecular formula is C18H27N3O4. The van der Waals surface area contributed by atoms with Crippen molar-refractivity contribution in [3.05, 3.63) is 36.8 Å². The van der Waals surface area contributed by atoms with Gasteiger partial charge in [-0.2, -0.15) is 0 Å². The second-order valence-corrected chi connectivity index (χ2v) is 6.19. The molecule has 0 radical (unpaired) electrons. The Morgan fingerprint density at radius 2 is 2.24 bits per heavy atom. The molecule has 7 heteroatoms. The van der Waals surface area contributed by atoms with Crippen molar-refractivity contribution in [1.82, 2.24) is 10.6 Å². The van der Waals surface area contributed by atoms with Crippen molar-refractivity contribution in [2.75, 3.05) is 39.5 Å². The third-order valence-corrected chi connectivity index (χ3v) is 4.28. The predicted molar refractivity (Wildman–Crippen MR) is 94.5 cm³/mol. The van der Waals surface area contributed by atoms with Crippen molar-refractivity contribution in [2.24, 2.45) is 4.99 Å². The second kappa shape index (κ2) is 9.03. The summed E-state index contributed by atoms with van der Waals surface area (Å²) in [6.07, 6.45) is 5.84. The zero-order valence-corrected chi connectivity index (χ0v) is 14.5. The van der Waals surface area contributed by atoms with Gasteiger partial charge in [0.15, 0.2) is 11.7 Å². The van der Waals surface area contributed by atoms with Crippen molar-refractivity contribution in [2.45, 2.75) is 31.2 Å². The largest absolute Gasteiger partial charge is 0.469 e. The molecule has 2 aliphatic heterocycles. The summed E-state index contributed by atoms with van der Waals surface area (Å²) in [4.78, 5) is 4.62. The van der Waals surface area contributed by atoms with Crippen LogP contribution >= 0.6 is 0 Å². The molecule has 0 saturated carbocycles. The van der Waals surface area contributed by atoms with E-state index in [9.17, 15) is 0 Å². The Hall–Kier alpha value is -1.83. The molecule has 1 aromatic heterocycles. The third-order valence-electron chi connectivity index (χ3n) is 4.28. The summed E-state index contributed by atoms with van der Waals surface area (Å²) in [6.45, 7) is 7.62. The summed E-state index contributed by atoms with van der Waals surface area (Å²) in [7, 11) is 0. The van der Waals surface area contributed by atoms with Gasteiger partial charge in [-0.05, 0) is 12.1 Å². The van der Waals surface area contributed by atoms with E-state index in [4.69, 9.17) is 18.6 Å². The minimum absolute atomic E-state index is 0.0227. The Balaban J connectivity index is 1.47. The van der Waals surface area contributed by atoms with Crippen LogP contribution in [0.4, 0.5) is 0 Å². The van der Waals surface area contributed by atoms with Gasteiger partial charge in [0, 0.05) is 32.4 Å². The number of guanidine groups is 1. The highest BCUT2D eigenvalue weighted by molar-refractivity contribution is 5.79. The lowest BCUT2D eigenvalue weighted by Gasteiger charge is -2.31. The fraction of sp³-hybridized carbons (Fsp3) is 0.611. The molecule has 2 saturated heterocycles. The van der Waals surface area contributed by atoms with Crippen LogP contribution in [0.3, 0.4) is 0 Å². The lowest BCUT2D eigenvalue weighted by Crippen LogP contribution is -2.40. The first-order valence-corrected chi connectivity index (χ1v) is 8.85. The maximum atomic E-state index is 6.11. The minimum atomic E-state index is -0.458. The molecule has 3 rings (SSSR count). The van der Waals surface area contributed by atoms with Gasteiger partial charge in [0.05, 0.1) is 32.6 Å². The second-order valence-electron chi connectivity index (χ2n) is 6.19. The fourth-order valence-electron chi connectivity index (χ4n) is 2.95. The van der Waals surface area contributed by atoms with Crippen molar-refractivity contribution in [3.63, 3.8) is 0 Å². The van der Waals surface area contributed by atoms with E-state index < -0.39 is 5.79 Å². The number of rotatable bonds is 7. The maximum Gasteiger partial charge on any atom is 0.191 e. The molecule has 1 unspecified atom stereocenters. The van der Waals surface area contributed by atoms with Gasteiger partial charge in [0.1, 0.15) is 11.9 Å². The number of nitrogens with zero attached hydrogens (tertiary/aromatic N) is 1. The van der Waals surface area contributed by atoms with Crippen molar-refractivity contribution < 1.29 is 18.6 Å². The molecule has 1 spiro atoms. The lowest BCUT2D eigenvalue weighted by molar-refractivity contribution is -0.210. The van der Waals surface area contributed by atoms with Crippen LogP contribution in [-0.2, 0) is 20.6 Å². The number of aliphatic imine (C=N–C) groups is 1. The average molecular weight is 349 g/mol. The van der Waals surface area contributed by atoms with Crippen LogP contribution in [0.2, 0.25) is 0 Å². The third kappa shape index (κ3) is 5.32. The van der Waals surface area contributed by atoms with Crippen LogP contribution in [0.25, 0.3) is 0 Å². The van der Waals surface area contributed by atoms with E-state index in [0.717, 1.165) is 37.5 Å². The monoisotopic (exact) mass is 349 g/mol. The van der Waals surface area contributed by atoms with Gasteiger partial charge in [0.25, 0.3) is 0 Å². The molecule has 0 bridgehead atoms. The van der Waals surface area contributed by atoms with Gasteiger partial charge in [-0.25, -0.2) is 0 Å². The number of ether oxygens (including phenoxy) is 3. The van der Waals surface area contributed by atoms with E-state index in [0.29, 0.717) is 32.9 Å². The number of hydrogen-bond acceptors (Lipinski definition) is 5. The molecule has 1 aromatic rings. The highest BCUT2D eigenvalue weighted by Gasteiger charge is 2.42. The number of hydrogen-bond donors (Lipinski definition) is 2. The zero-order chi connectivity index (χ0) is 17.4. The summed E-state index contributed by atoms with van der Waals surface area (Å²) < 4.78 is 22.7. The quantitative estimate of drug-likeness (QED) is 0.441. The Bertz CT molecular complexity index is 553. The summed E-state index contributed by atoms with van der Waals surface area (Å²) in [5.41, 5.74) is 0. The zero-order valence-electron chi connectivity index (χ0n) is 14.5. The highest BCUT2D eigenvalue weighted by Crippen LogP contribution is 2.33. The first-order valence-electron chi connectivity index (χ1n) is 8.85.